The van der Waals surface area contributed by atoms with Crippen molar-refractivity contribution in [2.24, 2.45) is 0 Å². The zero-order valence-electron chi connectivity index (χ0n) is 20.5. The summed E-state index contributed by atoms with van der Waals surface area (Å²) in [4.78, 5) is 36.5. The van der Waals surface area contributed by atoms with Crippen molar-refractivity contribution >= 4 is 28.7 Å². The lowest BCUT2D eigenvalue weighted by Crippen LogP contribution is -2.47. The summed E-state index contributed by atoms with van der Waals surface area (Å²) in [5, 5.41) is 12.0. The van der Waals surface area contributed by atoms with E-state index in [1.165, 1.54) is 0 Å². The van der Waals surface area contributed by atoms with E-state index >= 15 is 0 Å². The van der Waals surface area contributed by atoms with Gasteiger partial charge in [-0.15, -0.1) is 0 Å². The molecule has 1 saturated heterocycles. The third kappa shape index (κ3) is 5.03. The van der Waals surface area contributed by atoms with Crippen LogP contribution >= 0.6 is 11.8 Å². The van der Waals surface area contributed by atoms with Crippen molar-refractivity contribution in [2.75, 3.05) is 6.61 Å². The van der Waals surface area contributed by atoms with Crippen LogP contribution in [0, 0.1) is 20.8 Å². The van der Waals surface area contributed by atoms with Crippen LogP contribution in [-0.2, 0) is 11.2 Å². The van der Waals surface area contributed by atoms with Crippen molar-refractivity contribution in [2.45, 2.75) is 70.7 Å². The number of phenols is 1. The third-order valence-corrected chi connectivity index (χ3v) is 7.88. The molecule has 4 rings (SSSR count). The van der Waals surface area contributed by atoms with Crippen LogP contribution in [0.3, 0.4) is 0 Å². The molecule has 35 heavy (non-hydrogen) atoms. The second-order valence-corrected chi connectivity index (χ2v) is 10.6. The predicted octanol–water partition coefficient (Wildman–Crippen LogP) is 5.18. The van der Waals surface area contributed by atoms with Gasteiger partial charge in [-0.1, -0.05) is 37.2 Å². The number of carbonyl (C=O) groups is 3. The van der Waals surface area contributed by atoms with E-state index in [2.05, 4.69) is 12.2 Å². The number of unbranched alkanes of at least 4 members (excludes halogenated alkanes) is 1. The fourth-order valence-electron chi connectivity index (χ4n) is 4.67. The highest BCUT2D eigenvalue weighted by Crippen LogP contribution is 2.44. The van der Waals surface area contributed by atoms with Crippen LogP contribution in [-0.4, -0.2) is 39.5 Å². The number of hydrogen-bond donors (Lipinski definition) is 2. The van der Waals surface area contributed by atoms with Gasteiger partial charge in [-0.05, 0) is 68.9 Å². The van der Waals surface area contributed by atoms with E-state index in [9.17, 15) is 19.5 Å². The Morgan fingerprint density at radius 3 is 2.46 bits per heavy atom. The van der Waals surface area contributed by atoms with Gasteiger partial charge in [0, 0.05) is 5.56 Å². The van der Waals surface area contributed by atoms with Crippen molar-refractivity contribution in [1.82, 2.24) is 5.32 Å². The number of amides is 2. The van der Waals surface area contributed by atoms with Gasteiger partial charge in [-0.2, -0.15) is 0 Å². The number of thioether (sulfide) groups is 1. The molecule has 2 aromatic carbocycles. The molecule has 0 bridgehead atoms. The monoisotopic (exact) mass is 497 g/mol. The minimum Gasteiger partial charge on any atom is -0.507 e. The molecule has 2 aliphatic rings. The Kier molecular flexibility index (Phi) is 7.12. The molecule has 0 radical (unpaired) electrons. The molecule has 186 valence electrons. The summed E-state index contributed by atoms with van der Waals surface area (Å²) in [6.07, 6.45) is 3.17. The highest BCUT2D eigenvalue weighted by Gasteiger charge is 2.43. The molecule has 2 aromatic rings. The zero-order valence-corrected chi connectivity index (χ0v) is 21.3. The maximum Gasteiger partial charge on any atom is 0.286 e. The Morgan fingerprint density at radius 2 is 1.83 bits per heavy atom. The summed E-state index contributed by atoms with van der Waals surface area (Å²) < 4.78 is 12.7. The topological polar surface area (TPSA) is 102 Å². The van der Waals surface area contributed by atoms with E-state index in [0.29, 0.717) is 41.0 Å². The van der Waals surface area contributed by atoms with Gasteiger partial charge >= 0.3 is 0 Å². The predicted molar refractivity (Wildman–Crippen MR) is 135 cm³/mol. The van der Waals surface area contributed by atoms with Crippen molar-refractivity contribution in [3.8, 4) is 17.2 Å². The Morgan fingerprint density at radius 1 is 1.11 bits per heavy atom. The van der Waals surface area contributed by atoms with Gasteiger partial charge in [0.25, 0.3) is 5.24 Å². The number of fused-ring (bicyclic) bond motifs is 1. The summed E-state index contributed by atoms with van der Waals surface area (Å²) >= 11 is 1.01. The van der Waals surface area contributed by atoms with Gasteiger partial charge in [-0.25, -0.2) is 0 Å². The Hall–Kier alpha value is -3.00. The highest BCUT2D eigenvalue weighted by molar-refractivity contribution is 8.15. The average molecular weight is 498 g/mol. The normalized spacial score (nSPS) is 21.5. The molecule has 7 nitrogen and oxygen atoms in total. The van der Waals surface area contributed by atoms with Crippen LogP contribution in [0.5, 0.6) is 17.2 Å². The van der Waals surface area contributed by atoms with Gasteiger partial charge in [0.15, 0.2) is 11.4 Å². The second-order valence-electron chi connectivity index (χ2n) is 9.44. The molecule has 0 aliphatic carbocycles. The third-order valence-electron chi connectivity index (χ3n) is 6.89. The van der Waals surface area contributed by atoms with Gasteiger partial charge in [0.2, 0.25) is 5.91 Å². The molecule has 0 saturated carbocycles. The van der Waals surface area contributed by atoms with Gasteiger partial charge in [0.1, 0.15) is 23.9 Å². The molecule has 2 N–H and O–H groups in total. The van der Waals surface area contributed by atoms with Gasteiger partial charge < -0.3 is 14.6 Å². The molecular formula is C27H31NO6S. The Bertz CT molecular complexity index is 1180. The SMILES string of the molecule is CCCCC1(COc2ccc(CC3SC(=O)NC3=O)cc2)CC(=O)c2c(C)c(O)c(C)c(C)c2O1. The average Bonchev–Trinajstić information content (AvgIpc) is 3.15. The van der Waals surface area contributed by atoms with Crippen LogP contribution < -0.4 is 14.8 Å². The first-order valence-electron chi connectivity index (χ1n) is 11.9. The lowest BCUT2D eigenvalue weighted by molar-refractivity contribution is -0.118. The number of carbonyl (C=O) groups excluding carboxylic acids is 3. The smallest absolute Gasteiger partial charge is 0.286 e. The molecular weight excluding hydrogens is 466 g/mol. The Balaban J connectivity index is 1.52. The number of rotatable bonds is 8. The number of aromatic hydroxyl groups is 1. The summed E-state index contributed by atoms with van der Waals surface area (Å²) in [7, 11) is 0. The van der Waals surface area contributed by atoms with Crippen LogP contribution in [0.1, 0.15) is 65.2 Å². The number of phenolic OH excluding ortho intramolecular Hbond substituents is 1. The zero-order chi connectivity index (χ0) is 25.3. The number of Topliss-reactive ketones (excluding diaryl/α,β-unsaturated/α-hetero) is 1. The number of ether oxygens (including phenoxy) is 2. The van der Waals surface area contributed by atoms with E-state index in [1.807, 2.05) is 38.1 Å². The van der Waals surface area contributed by atoms with E-state index in [-0.39, 0.29) is 35.7 Å². The maximum absolute atomic E-state index is 13.3. The minimum absolute atomic E-state index is 0.0425. The number of nitrogens with one attached hydrogen (secondary N) is 1. The first kappa shape index (κ1) is 25.1. The highest BCUT2D eigenvalue weighted by atomic mass is 32.2. The molecule has 2 unspecified atom stereocenters. The molecule has 0 aromatic heterocycles. The fourth-order valence-corrected chi connectivity index (χ4v) is 5.53. The minimum atomic E-state index is -0.793. The fraction of sp³-hybridized carbons (Fsp3) is 0.444. The van der Waals surface area contributed by atoms with Gasteiger partial charge in [0.05, 0.1) is 17.2 Å². The first-order valence-corrected chi connectivity index (χ1v) is 12.8. The van der Waals surface area contributed by atoms with E-state index < -0.39 is 10.9 Å². The molecule has 0 spiro atoms. The standard InChI is InChI=1S/C27H31NO6S/c1-5-6-11-27(13-20(29)22-17(4)23(30)15(2)16(3)24(22)34-27)14-33-19-9-7-18(8-10-19)12-21-25(31)28-26(32)35-21/h7-10,21,30H,5-6,11-14H2,1-4H3,(H,28,31,32). The Labute approximate surface area is 209 Å². The molecule has 2 aliphatic heterocycles. The largest absolute Gasteiger partial charge is 0.507 e. The van der Waals surface area contributed by atoms with Crippen LogP contribution in [0.4, 0.5) is 4.79 Å². The van der Waals surface area contributed by atoms with Crippen molar-refractivity contribution in [1.29, 1.82) is 0 Å². The number of imide groups is 1. The number of ketones is 1. The summed E-state index contributed by atoms with van der Waals surface area (Å²) in [5.74, 6) is 1.03. The molecule has 2 amide bonds. The number of hydrogen-bond acceptors (Lipinski definition) is 7. The van der Waals surface area contributed by atoms with E-state index in [4.69, 9.17) is 9.47 Å². The quantitative estimate of drug-likeness (QED) is 0.518. The second kappa shape index (κ2) is 9.93. The number of benzene rings is 2. The first-order chi connectivity index (χ1) is 16.6. The maximum atomic E-state index is 13.3. The van der Waals surface area contributed by atoms with Crippen LogP contribution in [0.2, 0.25) is 0 Å². The summed E-state index contributed by atoms with van der Waals surface area (Å²) in [6, 6.07) is 7.43. The molecule has 1 fully saturated rings. The van der Waals surface area contributed by atoms with E-state index in [1.54, 1.807) is 6.92 Å². The van der Waals surface area contributed by atoms with Crippen molar-refractivity contribution in [3.63, 3.8) is 0 Å². The molecule has 8 heteroatoms. The van der Waals surface area contributed by atoms with Crippen molar-refractivity contribution in [3.05, 3.63) is 52.1 Å². The summed E-state index contributed by atoms with van der Waals surface area (Å²) in [5.41, 5.74) is 2.65. The summed E-state index contributed by atoms with van der Waals surface area (Å²) in [6.45, 7) is 7.76. The van der Waals surface area contributed by atoms with E-state index in [0.717, 1.165) is 35.7 Å². The van der Waals surface area contributed by atoms with Crippen LogP contribution in [0.25, 0.3) is 0 Å². The van der Waals surface area contributed by atoms with Crippen LogP contribution in [0.15, 0.2) is 24.3 Å². The van der Waals surface area contributed by atoms with Gasteiger partial charge in [-0.3, -0.25) is 19.7 Å². The lowest BCUT2D eigenvalue weighted by Gasteiger charge is -2.39. The lowest BCUT2D eigenvalue weighted by atomic mass is 9.83. The van der Waals surface area contributed by atoms with Crippen molar-refractivity contribution < 1.29 is 29.0 Å². The molecule has 2 heterocycles. The molecule has 2 atom stereocenters.